The summed E-state index contributed by atoms with van der Waals surface area (Å²) in [7, 11) is -3.06. The van der Waals surface area contributed by atoms with Crippen molar-refractivity contribution in [3.05, 3.63) is 29.3 Å². The molecule has 0 bridgehead atoms. The van der Waals surface area contributed by atoms with E-state index in [1.54, 1.807) is 0 Å². The van der Waals surface area contributed by atoms with Gasteiger partial charge >= 0.3 is 7.60 Å². The molecule has 0 heterocycles. The van der Waals surface area contributed by atoms with Crippen molar-refractivity contribution in [2.75, 3.05) is 12.8 Å². The summed E-state index contributed by atoms with van der Waals surface area (Å²) in [5, 5.41) is 0. The molecule has 126 valence electrons. The van der Waals surface area contributed by atoms with Crippen molar-refractivity contribution >= 4 is 7.60 Å². The first-order valence-corrected chi connectivity index (χ1v) is 10.1. The monoisotopic (exact) mass is 326 g/mol. The van der Waals surface area contributed by atoms with Crippen LogP contribution in [0.1, 0.15) is 57.6 Å². The van der Waals surface area contributed by atoms with E-state index in [1.807, 2.05) is 26.0 Å². The van der Waals surface area contributed by atoms with Crippen LogP contribution in [0.2, 0.25) is 0 Å². The van der Waals surface area contributed by atoms with Crippen LogP contribution in [0.25, 0.3) is 0 Å². The number of aryl methyl sites for hydroxylation is 2. The Balaban J connectivity index is 2.71. The van der Waals surface area contributed by atoms with Crippen molar-refractivity contribution in [1.82, 2.24) is 0 Å². The van der Waals surface area contributed by atoms with Gasteiger partial charge in [-0.1, -0.05) is 33.3 Å². The average Bonchev–Trinajstić information content (AvgIpc) is 2.40. The van der Waals surface area contributed by atoms with Crippen LogP contribution in [0.15, 0.2) is 18.2 Å². The van der Waals surface area contributed by atoms with Crippen LogP contribution in [0.4, 0.5) is 0 Å². The number of hydrogen-bond acceptors (Lipinski definition) is 3. The van der Waals surface area contributed by atoms with Gasteiger partial charge in [0.25, 0.3) is 0 Å². The molecule has 1 unspecified atom stereocenters. The molecule has 0 aliphatic rings. The molecule has 0 amide bonds. The minimum atomic E-state index is -3.06. The number of benzene rings is 1. The van der Waals surface area contributed by atoms with Crippen molar-refractivity contribution in [3.63, 3.8) is 0 Å². The summed E-state index contributed by atoms with van der Waals surface area (Å²) in [4.78, 5) is 0. The minimum absolute atomic E-state index is 0.484. The van der Waals surface area contributed by atoms with Crippen LogP contribution in [0.3, 0.4) is 0 Å². The quantitative estimate of drug-likeness (QED) is 0.383. The van der Waals surface area contributed by atoms with E-state index in [0.29, 0.717) is 24.4 Å². The summed E-state index contributed by atoms with van der Waals surface area (Å²) in [5.41, 5.74) is 2.22. The fourth-order valence-electron chi connectivity index (χ4n) is 2.33. The Morgan fingerprint density at radius 2 is 1.73 bits per heavy atom. The Morgan fingerprint density at radius 1 is 1.09 bits per heavy atom. The highest BCUT2D eigenvalue weighted by atomic mass is 31.2. The molecule has 4 heteroatoms. The van der Waals surface area contributed by atoms with Crippen LogP contribution in [-0.4, -0.2) is 12.8 Å². The standard InChI is InChI=1S/C18H31O3P/c1-6-7-11-22(19,20-10-8-9-15(2)3)21-18-13-16(4)12-17(5)14-18/h12-15H,6-11H2,1-5H3. The summed E-state index contributed by atoms with van der Waals surface area (Å²) in [6.45, 7) is 11.0. The maximum atomic E-state index is 13.0. The Bertz CT molecular complexity index is 477. The van der Waals surface area contributed by atoms with Crippen molar-refractivity contribution in [1.29, 1.82) is 0 Å². The molecule has 1 aromatic rings. The maximum absolute atomic E-state index is 13.0. The van der Waals surface area contributed by atoms with Gasteiger partial charge in [-0.2, -0.15) is 0 Å². The van der Waals surface area contributed by atoms with E-state index in [0.717, 1.165) is 36.8 Å². The minimum Gasteiger partial charge on any atom is -0.424 e. The third-order valence-electron chi connectivity index (χ3n) is 3.44. The van der Waals surface area contributed by atoms with Gasteiger partial charge in [-0.15, -0.1) is 0 Å². The van der Waals surface area contributed by atoms with Crippen molar-refractivity contribution in [2.45, 2.75) is 60.3 Å². The van der Waals surface area contributed by atoms with Gasteiger partial charge in [-0.05, 0) is 62.3 Å². The lowest BCUT2D eigenvalue weighted by atomic mass is 10.1. The molecule has 0 aromatic heterocycles. The van der Waals surface area contributed by atoms with Crippen LogP contribution >= 0.6 is 7.60 Å². The lowest BCUT2D eigenvalue weighted by molar-refractivity contribution is 0.253. The van der Waals surface area contributed by atoms with Crippen LogP contribution in [-0.2, 0) is 9.09 Å². The van der Waals surface area contributed by atoms with E-state index < -0.39 is 7.60 Å². The summed E-state index contributed by atoms with van der Waals surface area (Å²) in [6.07, 6.45) is 4.32. The Labute approximate surface area is 136 Å². The molecular weight excluding hydrogens is 295 g/mol. The van der Waals surface area contributed by atoms with E-state index in [-0.39, 0.29) is 0 Å². The van der Waals surface area contributed by atoms with Crippen molar-refractivity contribution < 1.29 is 13.6 Å². The first-order valence-electron chi connectivity index (χ1n) is 8.36. The first kappa shape index (κ1) is 19.3. The smallest absolute Gasteiger partial charge is 0.379 e. The van der Waals surface area contributed by atoms with Gasteiger partial charge in [0.2, 0.25) is 0 Å². The zero-order chi connectivity index (χ0) is 16.6. The topological polar surface area (TPSA) is 35.5 Å². The molecule has 0 saturated carbocycles. The summed E-state index contributed by atoms with van der Waals surface area (Å²) in [5.74, 6) is 1.29. The van der Waals surface area contributed by atoms with E-state index in [9.17, 15) is 4.57 Å². The average molecular weight is 326 g/mol. The molecule has 0 spiro atoms. The van der Waals surface area contributed by atoms with Gasteiger partial charge in [0.15, 0.2) is 0 Å². The Hall–Kier alpha value is -0.790. The van der Waals surface area contributed by atoms with E-state index >= 15 is 0 Å². The summed E-state index contributed by atoms with van der Waals surface area (Å²) < 4.78 is 24.5. The highest BCUT2D eigenvalue weighted by molar-refractivity contribution is 7.54. The summed E-state index contributed by atoms with van der Waals surface area (Å²) >= 11 is 0. The largest absolute Gasteiger partial charge is 0.424 e. The van der Waals surface area contributed by atoms with Crippen LogP contribution in [0.5, 0.6) is 5.75 Å². The second-order valence-corrected chi connectivity index (χ2v) is 8.58. The molecule has 0 saturated heterocycles. The zero-order valence-electron chi connectivity index (χ0n) is 14.7. The Kier molecular flexibility index (Phi) is 8.20. The molecular formula is C18H31O3P. The normalized spacial score (nSPS) is 14.1. The lowest BCUT2D eigenvalue weighted by Gasteiger charge is -2.20. The maximum Gasteiger partial charge on any atom is 0.379 e. The van der Waals surface area contributed by atoms with Gasteiger partial charge < -0.3 is 4.52 Å². The zero-order valence-corrected chi connectivity index (χ0v) is 15.6. The highest BCUT2D eigenvalue weighted by Gasteiger charge is 2.25. The molecule has 1 atom stereocenters. The van der Waals surface area contributed by atoms with Crippen molar-refractivity contribution in [3.8, 4) is 5.75 Å². The highest BCUT2D eigenvalue weighted by Crippen LogP contribution is 2.49. The Morgan fingerprint density at radius 3 is 2.27 bits per heavy atom. The van der Waals surface area contributed by atoms with Crippen LogP contribution < -0.4 is 4.52 Å². The van der Waals surface area contributed by atoms with Crippen molar-refractivity contribution in [2.24, 2.45) is 5.92 Å². The molecule has 1 aromatic carbocycles. The second kappa shape index (κ2) is 9.37. The third-order valence-corrected chi connectivity index (χ3v) is 5.37. The predicted molar refractivity (Wildman–Crippen MR) is 93.9 cm³/mol. The van der Waals surface area contributed by atoms with Crippen LogP contribution in [0, 0.1) is 19.8 Å². The predicted octanol–water partition coefficient (Wildman–Crippen LogP) is 6.13. The first-order chi connectivity index (χ1) is 10.3. The fourth-order valence-corrected chi connectivity index (χ4v) is 4.14. The van der Waals surface area contributed by atoms with E-state index in [1.165, 1.54) is 0 Å². The molecule has 0 aliphatic heterocycles. The van der Waals surface area contributed by atoms with E-state index in [2.05, 4.69) is 26.8 Å². The fraction of sp³-hybridized carbons (Fsp3) is 0.667. The lowest BCUT2D eigenvalue weighted by Crippen LogP contribution is -2.05. The SMILES string of the molecule is CCCCP(=O)(OCCCC(C)C)Oc1cc(C)cc(C)c1. The molecule has 0 fully saturated rings. The number of hydrogen-bond donors (Lipinski definition) is 0. The molecule has 0 aliphatic carbocycles. The van der Waals surface area contributed by atoms with E-state index in [4.69, 9.17) is 9.05 Å². The molecule has 0 radical (unpaired) electrons. The van der Waals surface area contributed by atoms with Gasteiger partial charge in [0.05, 0.1) is 12.8 Å². The second-order valence-electron chi connectivity index (χ2n) is 6.47. The molecule has 3 nitrogen and oxygen atoms in total. The summed E-state index contributed by atoms with van der Waals surface area (Å²) in [6, 6.07) is 5.92. The third kappa shape index (κ3) is 7.47. The number of rotatable bonds is 10. The van der Waals surface area contributed by atoms with Gasteiger partial charge in [-0.3, -0.25) is 4.52 Å². The molecule has 0 N–H and O–H groups in total. The van der Waals surface area contributed by atoms with Gasteiger partial charge in [-0.25, -0.2) is 4.57 Å². The van der Waals surface area contributed by atoms with Gasteiger partial charge in [0.1, 0.15) is 5.75 Å². The molecule has 22 heavy (non-hydrogen) atoms. The van der Waals surface area contributed by atoms with Gasteiger partial charge in [0, 0.05) is 0 Å². The number of unbranched alkanes of at least 4 members (excludes halogenated alkanes) is 1. The molecule has 1 rings (SSSR count).